The van der Waals surface area contributed by atoms with Crippen LogP contribution in [0.15, 0.2) is 54.9 Å². The van der Waals surface area contributed by atoms with Gasteiger partial charge in [-0.05, 0) is 24.3 Å². The average Bonchev–Trinajstić information content (AvgIpc) is 2.59. The zero-order chi connectivity index (χ0) is 11.7. The molecule has 0 saturated carbocycles. The number of allylic oxidation sites excluding steroid dienone is 4. The largest absolute Gasteiger partial charge is 0.624 e. The third kappa shape index (κ3) is 1.71. The maximum atomic E-state index is 11.8. The molecule has 1 atom stereocenters. The molecule has 2 N–H and O–H groups in total. The van der Waals surface area contributed by atoms with E-state index in [0.29, 0.717) is 0 Å². The molecule has 1 aromatic carbocycles. The molecule has 0 fully saturated rings. The lowest BCUT2D eigenvalue weighted by molar-refractivity contribution is -0.710. The van der Waals surface area contributed by atoms with E-state index < -0.39 is 0 Å². The summed E-state index contributed by atoms with van der Waals surface area (Å²) in [6, 6.07) is 5.90. The Balaban J connectivity index is 2.11. The number of hydrogen-bond acceptors (Lipinski definition) is 2. The van der Waals surface area contributed by atoms with Crippen LogP contribution in [0.2, 0.25) is 0 Å². The highest BCUT2D eigenvalue weighted by molar-refractivity contribution is 5.80. The minimum Gasteiger partial charge on any atom is -0.624 e. The fourth-order valence-corrected chi connectivity index (χ4v) is 2.08. The Labute approximate surface area is 99.6 Å². The number of quaternary nitrogens is 1. The van der Waals surface area contributed by atoms with Crippen molar-refractivity contribution in [2.45, 2.75) is 0 Å². The second-order valence-electron chi connectivity index (χ2n) is 3.94. The molecule has 0 aliphatic carbocycles. The molecule has 3 rings (SSSR count). The van der Waals surface area contributed by atoms with Gasteiger partial charge in [0.2, 0.25) is 0 Å². The lowest BCUT2D eigenvalue weighted by atomic mass is 10.1. The number of fused-ring (bicyclic) bond motifs is 1. The Kier molecular flexibility index (Phi) is 2.40. The monoisotopic (exact) mass is 224 g/mol. The van der Waals surface area contributed by atoms with Crippen molar-refractivity contribution in [2.75, 3.05) is 0 Å². The van der Waals surface area contributed by atoms with Gasteiger partial charge in [0.15, 0.2) is 5.69 Å². The summed E-state index contributed by atoms with van der Waals surface area (Å²) in [5, 5.41) is 15.1. The molecule has 2 aliphatic heterocycles. The molecule has 0 aromatic heterocycles. The van der Waals surface area contributed by atoms with Crippen LogP contribution in [0.4, 0.5) is 5.69 Å². The van der Waals surface area contributed by atoms with Gasteiger partial charge in [0.1, 0.15) is 6.20 Å². The third-order valence-electron chi connectivity index (χ3n) is 2.87. The van der Waals surface area contributed by atoms with Gasteiger partial charge in [0.25, 0.3) is 0 Å². The van der Waals surface area contributed by atoms with Crippen molar-refractivity contribution in [1.82, 2.24) is 5.32 Å². The fraction of sp³-hybridized carbons (Fsp3) is 0. The van der Waals surface area contributed by atoms with E-state index >= 15 is 0 Å². The molecular formula is C14H12N2O. The molecule has 17 heavy (non-hydrogen) atoms. The summed E-state index contributed by atoms with van der Waals surface area (Å²) in [5.74, 6) is 0. The Morgan fingerprint density at radius 2 is 2.06 bits per heavy atom. The van der Waals surface area contributed by atoms with Gasteiger partial charge in [-0.3, -0.25) is 0 Å². The van der Waals surface area contributed by atoms with Crippen LogP contribution in [0.1, 0.15) is 11.1 Å². The molecule has 84 valence electrons. The molecule has 0 spiro atoms. The smallest absolute Gasteiger partial charge is 0.152 e. The summed E-state index contributed by atoms with van der Waals surface area (Å²) in [7, 11) is 0. The van der Waals surface area contributed by atoms with E-state index in [0.717, 1.165) is 22.5 Å². The first-order valence-corrected chi connectivity index (χ1v) is 5.52. The molecule has 2 heterocycles. The van der Waals surface area contributed by atoms with Crippen molar-refractivity contribution >= 4 is 17.5 Å². The number of rotatable bonds is 1. The summed E-state index contributed by atoms with van der Waals surface area (Å²) < 4.78 is 0. The lowest BCUT2D eigenvalue weighted by Gasteiger charge is -2.18. The second kappa shape index (κ2) is 4.05. The van der Waals surface area contributed by atoms with Gasteiger partial charge < -0.3 is 15.6 Å². The van der Waals surface area contributed by atoms with Gasteiger partial charge >= 0.3 is 0 Å². The summed E-state index contributed by atoms with van der Waals surface area (Å²) >= 11 is 0. The van der Waals surface area contributed by atoms with Crippen LogP contribution < -0.4 is 10.4 Å². The maximum Gasteiger partial charge on any atom is 0.152 e. The van der Waals surface area contributed by atoms with Crippen LogP contribution in [-0.4, -0.2) is 0 Å². The zero-order valence-corrected chi connectivity index (χ0v) is 9.18. The van der Waals surface area contributed by atoms with Crippen molar-refractivity contribution in [3.63, 3.8) is 0 Å². The first-order chi connectivity index (χ1) is 8.36. The zero-order valence-electron chi connectivity index (χ0n) is 9.18. The summed E-state index contributed by atoms with van der Waals surface area (Å²) in [5.41, 5.74) is 3.68. The van der Waals surface area contributed by atoms with E-state index in [1.807, 2.05) is 54.8 Å². The lowest BCUT2D eigenvalue weighted by Crippen LogP contribution is -2.96. The van der Waals surface area contributed by atoms with Crippen LogP contribution in [-0.2, 0) is 0 Å². The minimum absolute atomic E-state index is 0.0792. The van der Waals surface area contributed by atoms with Crippen molar-refractivity contribution < 1.29 is 5.06 Å². The number of nitrogens with one attached hydrogen (secondary N) is 2. The van der Waals surface area contributed by atoms with E-state index in [1.165, 1.54) is 0 Å². The standard InChI is InChI=1S/C14H12N2O/c17-16-10-8-11-5-4-6-12(14(11)16)13-7-2-1-3-9-15-13/h1-10,15-16H. The normalized spacial score (nSPS) is 20.8. The van der Waals surface area contributed by atoms with Crippen LogP contribution in [0.25, 0.3) is 11.8 Å². The van der Waals surface area contributed by atoms with E-state index in [-0.39, 0.29) is 5.06 Å². The molecule has 2 aliphatic rings. The summed E-state index contributed by atoms with van der Waals surface area (Å²) in [6.07, 6.45) is 13.2. The van der Waals surface area contributed by atoms with Gasteiger partial charge in [0.05, 0.1) is 11.3 Å². The maximum absolute atomic E-state index is 11.8. The molecule has 0 amide bonds. The van der Waals surface area contributed by atoms with Gasteiger partial charge in [-0.15, -0.1) is 0 Å². The van der Waals surface area contributed by atoms with Gasteiger partial charge in [0, 0.05) is 17.8 Å². The van der Waals surface area contributed by atoms with Crippen molar-refractivity contribution in [1.29, 1.82) is 0 Å². The highest BCUT2D eigenvalue weighted by Gasteiger charge is 2.19. The van der Waals surface area contributed by atoms with Gasteiger partial charge in [-0.2, -0.15) is 0 Å². The first-order valence-electron chi connectivity index (χ1n) is 5.52. The van der Waals surface area contributed by atoms with Crippen molar-refractivity contribution in [2.24, 2.45) is 0 Å². The molecule has 1 unspecified atom stereocenters. The Morgan fingerprint density at radius 1 is 1.12 bits per heavy atom. The highest BCUT2D eigenvalue weighted by Crippen LogP contribution is 2.27. The molecule has 1 aromatic rings. The summed E-state index contributed by atoms with van der Waals surface area (Å²) in [6.45, 7) is 0. The molecule has 0 radical (unpaired) electrons. The summed E-state index contributed by atoms with van der Waals surface area (Å²) in [4.78, 5) is 0. The van der Waals surface area contributed by atoms with E-state index in [2.05, 4.69) is 5.32 Å². The SMILES string of the molecule is [O-][NH+]1C=Cc2cccc(C3=CC=CC=CN3)c21. The first kappa shape index (κ1) is 10.1. The second-order valence-corrected chi connectivity index (χ2v) is 3.94. The van der Waals surface area contributed by atoms with Crippen LogP contribution >= 0.6 is 0 Å². The number of hydroxylamine groups is 1. The van der Waals surface area contributed by atoms with E-state index in [9.17, 15) is 5.21 Å². The topological polar surface area (TPSA) is 39.5 Å². The molecule has 3 nitrogen and oxygen atoms in total. The number of benzene rings is 1. The van der Waals surface area contributed by atoms with Gasteiger partial charge in [-0.1, -0.05) is 18.2 Å². The molecule has 0 saturated heterocycles. The van der Waals surface area contributed by atoms with Crippen molar-refractivity contribution in [3.8, 4) is 0 Å². The van der Waals surface area contributed by atoms with Gasteiger partial charge in [-0.25, -0.2) is 0 Å². The number of hydrogen-bond donors (Lipinski definition) is 2. The van der Waals surface area contributed by atoms with Crippen LogP contribution in [0.5, 0.6) is 0 Å². The molecular weight excluding hydrogens is 212 g/mol. The quantitative estimate of drug-likeness (QED) is 0.713. The highest BCUT2D eigenvalue weighted by atomic mass is 16.5. The Morgan fingerprint density at radius 3 is 3.00 bits per heavy atom. The minimum atomic E-state index is 0.0792. The van der Waals surface area contributed by atoms with E-state index in [1.54, 1.807) is 6.20 Å². The predicted molar refractivity (Wildman–Crippen MR) is 68.9 cm³/mol. The third-order valence-corrected chi connectivity index (χ3v) is 2.87. The molecule has 3 heteroatoms. The number of para-hydroxylation sites is 1. The van der Waals surface area contributed by atoms with E-state index in [4.69, 9.17) is 0 Å². The van der Waals surface area contributed by atoms with Crippen LogP contribution in [0, 0.1) is 5.21 Å². The average molecular weight is 224 g/mol. The predicted octanol–water partition coefficient (Wildman–Crippen LogP) is 1.70. The van der Waals surface area contributed by atoms with Crippen molar-refractivity contribution in [3.05, 3.63) is 71.2 Å². The fourth-order valence-electron chi connectivity index (χ4n) is 2.08. The Bertz CT molecular complexity index is 568. The van der Waals surface area contributed by atoms with Crippen LogP contribution in [0.3, 0.4) is 0 Å². The Hall–Kier alpha value is -2.10. The molecule has 0 bridgehead atoms.